The summed E-state index contributed by atoms with van der Waals surface area (Å²) in [5, 5.41) is 0.702. The van der Waals surface area contributed by atoms with Gasteiger partial charge in [0.15, 0.2) is 0 Å². The van der Waals surface area contributed by atoms with Crippen LogP contribution < -0.4 is 10.6 Å². The lowest BCUT2D eigenvalue weighted by atomic mass is 10.1. The summed E-state index contributed by atoms with van der Waals surface area (Å²) >= 11 is 11.0. The number of rotatable bonds is 4. The fourth-order valence-electron chi connectivity index (χ4n) is 1.48. The van der Waals surface area contributed by atoms with Gasteiger partial charge in [-0.25, -0.2) is 0 Å². The first-order valence-electron chi connectivity index (χ1n) is 4.86. The van der Waals surface area contributed by atoms with Crippen molar-refractivity contribution in [1.29, 1.82) is 0 Å². The van der Waals surface area contributed by atoms with E-state index in [0.717, 1.165) is 24.2 Å². The molecule has 0 unspecified atom stereocenters. The normalized spacial score (nSPS) is 10.1. The van der Waals surface area contributed by atoms with Gasteiger partial charge in [0.1, 0.15) is 4.99 Å². The number of hydrogen-bond donors (Lipinski definition) is 1. The Kier molecular flexibility index (Phi) is 4.36. The highest BCUT2D eigenvalue weighted by molar-refractivity contribution is 7.80. The van der Waals surface area contributed by atoms with Gasteiger partial charge in [0, 0.05) is 29.9 Å². The molecule has 0 heterocycles. The molecular weight excluding hydrogens is 228 g/mol. The Labute approximate surface area is 101 Å². The molecule has 1 aromatic rings. The maximum absolute atomic E-state index is 5.95. The minimum Gasteiger partial charge on any atom is -0.389 e. The molecule has 0 aliphatic heterocycles. The Bertz CT molecular complexity index is 366. The van der Waals surface area contributed by atoms with E-state index in [1.807, 2.05) is 19.2 Å². The van der Waals surface area contributed by atoms with Crippen molar-refractivity contribution in [2.75, 3.05) is 18.5 Å². The molecule has 82 valence electrons. The zero-order valence-electron chi connectivity index (χ0n) is 8.96. The van der Waals surface area contributed by atoms with Gasteiger partial charge in [0.25, 0.3) is 0 Å². The van der Waals surface area contributed by atoms with E-state index in [4.69, 9.17) is 29.6 Å². The monoisotopic (exact) mass is 242 g/mol. The lowest BCUT2D eigenvalue weighted by Gasteiger charge is -2.21. The number of hydrogen-bond acceptors (Lipinski definition) is 2. The van der Waals surface area contributed by atoms with Crippen molar-refractivity contribution >= 4 is 34.5 Å². The zero-order chi connectivity index (χ0) is 11.4. The van der Waals surface area contributed by atoms with Crippen LogP contribution in [-0.2, 0) is 0 Å². The summed E-state index contributed by atoms with van der Waals surface area (Å²) in [6, 6.07) is 5.57. The van der Waals surface area contributed by atoms with Crippen molar-refractivity contribution in [3.8, 4) is 0 Å². The molecule has 0 spiro atoms. The third kappa shape index (κ3) is 3.08. The van der Waals surface area contributed by atoms with Crippen LogP contribution in [0.3, 0.4) is 0 Å². The van der Waals surface area contributed by atoms with Gasteiger partial charge >= 0.3 is 0 Å². The topological polar surface area (TPSA) is 29.3 Å². The second-order valence-corrected chi connectivity index (χ2v) is 4.32. The van der Waals surface area contributed by atoms with E-state index in [1.165, 1.54) is 0 Å². The summed E-state index contributed by atoms with van der Waals surface area (Å²) in [5.41, 5.74) is 7.54. The van der Waals surface area contributed by atoms with Gasteiger partial charge < -0.3 is 10.6 Å². The number of halogens is 1. The molecule has 2 N–H and O–H groups in total. The first-order chi connectivity index (χ1) is 7.06. The summed E-state index contributed by atoms with van der Waals surface area (Å²) in [7, 11) is 2.01. The summed E-state index contributed by atoms with van der Waals surface area (Å²) < 4.78 is 0. The van der Waals surface area contributed by atoms with Crippen molar-refractivity contribution in [3.63, 3.8) is 0 Å². The predicted octanol–water partition coefficient (Wildman–Crippen LogP) is 2.82. The third-order valence-electron chi connectivity index (χ3n) is 2.20. The van der Waals surface area contributed by atoms with Crippen molar-refractivity contribution in [2.45, 2.75) is 13.3 Å². The highest BCUT2D eigenvalue weighted by Gasteiger charge is 2.09. The number of thiocarbonyl (C=S) groups is 1. The molecule has 15 heavy (non-hydrogen) atoms. The fourth-order valence-corrected chi connectivity index (χ4v) is 1.82. The number of nitrogens with two attached hydrogens (primary N) is 1. The average Bonchev–Trinajstić information content (AvgIpc) is 2.17. The van der Waals surface area contributed by atoms with Crippen LogP contribution in [0.1, 0.15) is 18.9 Å². The molecule has 0 amide bonds. The van der Waals surface area contributed by atoms with Gasteiger partial charge in [-0.3, -0.25) is 0 Å². The van der Waals surface area contributed by atoms with Gasteiger partial charge in [-0.15, -0.1) is 0 Å². The lowest BCUT2D eigenvalue weighted by Crippen LogP contribution is -2.22. The number of anilines is 1. The highest BCUT2D eigenvalue weighted by atomic mass is 35.5. The van der Waals surface area contributed by atoms with Gasteiger partial charge in [-0.05, 0) is 24.6 Å². The molecule has 2 nitrogen and oxygen atoms in total. The summed E-state index contributed by atoms with van der Waals surface area (Å²) in [5.74, 6) is 0. The minimum absolute atomic E-state index is 0.407. The van der Waals surface area contributed by atoms with Crippen LogP contribution in [0.25, 0.3) is 0 Å². The summed E-state index contributed by atoms with van der Waals surface area (Å²) in [4.78, 5) is 2.52. The van der Waals surface area contributed by atoms with E-state index in [0.29, 0.717) is 10.0 Å². The van der Waals surface area contributed by atoms with Crippen LogP contribution in [0.15, 0.2) is 18.2 Å². The second-order valence-electron chi connectivity index (χ2n) is 3.45. The maximum Gasteiger partial charge on any atom is 0.106 e. The first kappa shape index (κ1) is 12.3. The molecule has 0 aliphatic rings. The standard InChI is InChI=1S/C11H15ClN2S/c1-3-6-14(2)10-7-8(12)4-5-9(10)11(13)15/h4-5,7H,3,6H2,1-2H3,(H2,13,15). The minimum atomic E-state index is 0.407. The quantitative estimate of drug-likeness (QED) is 0.824. The SMILES string of the molecule is CCCN(C)c1cc(Cl)ccc1C(N)=S. The van der Waals surface area contributed by atoms with E-state index < -0.39 is 0 Å². The second kappa shape index (κ2) is 5.33. The number of benzene rings is 1. The molecule has 1 aromatic carbocycles. The van der Waals surface area contributed by atoms with Crippen LogP contribution in [0, 0.1) is 0 Å². The Morgan fingerprint density at radius 3 is 2.73 bits per heavy atom. The van der Waals surface area contributed by atoms with E-state index in [-0.39, 0.29) is 0 Å². The van der Waals surface area contributed by atoms with Crippen LogP contribution in [0.2, 0.25) is 5.02 Å². The van der Waals surface area contributed by atoms with Crippen LogP contribution >= 0.6 is 23.8 Å². The van der Waals surface area contributed by atoms with E-state index >= 15 is 0 Å². The molecular formula is C11H15ClN2S. The van der Waals surface area contributed by atoms with Crippen molar-refractivity contribution in [1.82, 2.24) is 0 Å². The molecule has 0 aromatic heterocycles. The van der Waals surface area contributed by atoms with Crippen LogP contribution in [0.5, 0.6) is 0 Å². The Morgan fingerprint density at radius 1 is 1.53 bits per heavy atom. The smallest absolute Gasteiger partial charge is 0.106 e. The molecule has 0 saturated heterocycles. The molecule has 4 heteroatoms. The molecule has 0 atom stereocenters. The highest BCUT2D eigenvalue weighted by Crippen LogP contribution is 2.24. The third-order valence-corrected chi connectivity index (χ3v) is 2.65. The van der Waals surface area contributed by atoms with E-state index in [9.17, 15) is 0 Å². The van der Waals surface area contributed by atoms with Gasteiger partial charge in [-0.2, -0.15) is 0 Å². The van der Waals surface area contributed by atoms with E-state index in [1.54, 1.807) is 6.07 Å². The van der Waals surface area contributed by atoms with E-state index in [2.05, 4.69) is 11.8 Å². The Morgan fingerprint density at radius 2 is 2.20 bits per heavy atom. The summed E-state index contributed by atoms with van der Waals surface area (Å²) in [6.07, 6.45) is 1.07. The lowest BCUT2D eigenvalue weighted by molar-refractivity contribution is 0.851. The molecule has 0 fully saturated rings. The Balaban J connectivity index is 3.12. The molecule has 0 bridgehead atoms. The fraction of sp³-hybridized carbons (Fsp3) is 0.364. The predicted molar refractivity (Wildman–Crippen MR) is 70.9 cm³/mol. The van der Waals surface area contributed by atoms with Gasteiger partial charge in [0.05, 0.1) is 0 Å². The molecule has 0 saturated carbocycles. The molecule has 0 radical (unpaired) electrons. The average molecular weight is 243 g/mol. The van der Waals surface area contributed by atoms with Crippen molar-refractivity contribution < 1.29 is 0 Å². The molecule has 0 aliphatic carbocycles. The van der Waals surface area contributed by atoms with Crippen LogP contribution in [0.4, 0.5) is 5.69 Å². The van der Waals surface area contributed by atoms with Crippen LogP contribution in [-0.4, -0.2) is 18.6 Å². The largest absolute Gasteiger partial charge is 0.389 e. The number of nitrogens with zero attached hydrogens (tertiary/aromatic N) is 1. The first-order valence-corrected chi connectivity index (χ1v) is 5.65. The van der Waals surface area contributed by atoms with Crippen molar-refractivity contribution in [2.24, 2.45) is 5.73 Å². The van der Waals surface area contributed by atoms with Gasteiger partial charge in [-0.1, -0.05) is 30.7 Å². The van der Waals surface area contributed by atoms with Gasteiger partial charge in [0.2, 0.25) is 0 Å². The van der Waals surface area contributed by atoms with Crippen molar-refractivity contribution in [3.05, 3.63) is 28.8 Å². The zero-order valence-corrected chi connectivity index (χ0v) is 10.5. The molecule has 1 rings (SSSR count). The summed E-state index contributed by atoms with van der Waals surface area (Å²) in [6.45, 7) is 3.08. The Hall–Kier alpha value is -0.800. The maximum atomic E-state index is 5.95.